The number of halogens is 3. The Bertz CT molecular complexity index is 488. The first-order valence-electron chi connectivity index (χ1n) is 5.72. The van der Waals surface area contributed by atoms with Crippen molar-refractivity contribution in [2.45, 2.75) is 26.6 Å². The van der Waals surface area contributed by atoms with Gasteiger partial charge < -0.3 is 14.2 Å². The monoisotopic (exact) mass is 293 g/mol. The van der Waals surface area contributed by atoms with Gasteiger partial charge >= 0.3 is 12.3 Å². The quantitative estimate of drug-likeness (QED) is 0.780. The Morgan fingerprint density at radius 3 is 2.55 bits per heavy atom. The molecule has 0 atom stereocenters. The third kappa shape index (κ3) is 4.60. The summed E-state index contributed by atoms with van der Waals surface area (Å²) in [6, 6.07) is 1.01. The highest BCUT2D eigenvalue weighted by Gasteiger charge is 2.32. The Balaban J connectivity index is 3.09. The maximum absolute atomic E-state index is 12.2. The molecule has 0 amide bonds. The number of hydrogen-bond acceptors (Lipinski definition) is 5. The topological polar surface area (TPSA) is 57.7 Å². The van der Waals surface area contributed by atoms with Crippen LogP contribution in [0.3, 0.4) is 0 Å². The first-order chi connectivity index (χ1) is 9.26. The first-order valence-corrected chi connectivity index (χ1v) is 5.72. The number of ether oxygens (including phenoxy) is 3. The summed E-state index contributed by atoms with van der Waals surface area (Å²) < 4.78 is 50.1. The highest BCUT2D eigenvalue weighted by molar-refractivity contribution is 5.73. The molecule has 0 saturated heterocycles. The van der Waals surface area contributed by atoms with Gasteiger partial charge in [-0.05, 0) is 13.8 Å². The number of aromatic nitrogens is 1. The second-order valence-electron chi connectivity index (χ2n) is 3.77. The van der Waals surface area contributed by atoms with E-state index < -0.39 is 18.2 Å². The van der Waals surface area contributed by atoms with Gasteiger partial charge in [-0.2, -0.15) is 0 Å². The summed E-state index contributed by atoms with van der Waals surface area (Å²) in [4.78, 5) is 15.1. The zero-order chi connectivity index (χ0) is 15.3. The lowest BCUT2D eigenvalue weighted by molar-refractivity contribution is -0.276. The Morgan fingerprint density at radius 2 is 2.05 bits per heavy atom. The van der Waals surface area contributed by atoms with Gasteiger partial charge in [0.25, 0.3) is 0 Å². The van der Waals surface area contributed by atoms with Crippen molar-refractivity contribution in [2.75, 3.05) is 13.7 Å². The van der Waals surface area contributed by atoms with Crippen LogP contribution in [0.15, 0.2) is 6.07 Å². The zero-order valence-electron chi connectivity index (χ0n) is 11.2. The van der Waals surface area contributed by atoms with Crippen LogP contribution in [0.1, 0.15) is 18.2 Å². The van der Waals surface area contributed by atoms with E-state index in [-0.39, 0.29) is 30.0 Å². The number of aryl methyl sites for hydroxylation is 1. The molecule has 0 saturated carbocycles. The minimum absolute atomic E-state index is 0.178. The maximum atomic E-state index is 12.2. The van der Waals surface area contributed by atoms with Crippen LogP contribution in [0, 0.1) is 6.92 Å². The van der Waals surface area contributed by atoms with E-state index in [4.69, 9.17) is 9.47 Å². The summed E-state index contributed by atoms with van der Waals surface area (Å²) in [6.45, 7) is 3.26. The van der Waals surface area contributed by atoms with Crippen LogP contribution in [0.5, 0.6) is 11.6 Å². The molecule has 0 aliphatic heterocycles. The molecule has 5 nitrogen and oxygen atoms in total. The Kier molecular flexibility index (Phi) is 5.18. The normalized spacial score (nSPS) is 11.1. The van der Waals surface area contributed by atoms with Crippen molar-refractivity contribution in [2.24, 2.45) is 0 Å². The molecule has 8 heteroatoms. The predicted octanol–water partition coefficient (Wildman–Crippen LogP) is 2.40. The SMILES string of the molecule is CCOC(=O)Cc1cc(OC(F)(F)F)nc(C)c1OC. The standard InChI is InChI=1S/C12H14F3NO4/c1-4-19-10(17)6-8-5-9(20-12(13,14)15)16-7(2)11(8)18-3/h5H,4,6H2,1-3H3. The van der Waals surface area contributed by atoms with Gasteiger partial charge in [-0.15, -0.1) is 13.2 Å². The second kappa shape index (κ2) is 6.44. The maximum Gasteiger partial charge on any atom is 0.574 e. The molecule has 1 rings (SSSR count). The van der Waals surface area contributed by atoms with Crippen LogP contribution in [0.25, 0.3) is 0 Å². The van der Waals surface area contributed by atoms with Gasteiger partial charge in [-0.3, -0.25) is 4.79 Å². The first kappa shape index (κ1) is 16.1. The second-order valence-corrected chi connectivity index (χ2v) is 3.77. The van der Waals surface area contributed by atoms with Gasteiger partial charge in [0.05, 0.1) is 25.8 Å². The van der Waals surface area contributed by atoms with E-state index in [0.717, 1.165) is 6.07 Å². The lowest BCUT2D eigenvalue weighted by Crippen LogP contribution is -2.19. The number of alkyl halides is 3. The van der Waals surface area contributed by atoms with E-state index >= 15 is 0 Å². The molecule has 0 aromatic carbocycles. The predicted molar refractivity (Wildman–Crippen MR) is 62.5 cm³/mol. The molecule has 1 aromatic heterocycles. The van der Waals surface area contributed by atoms with E-state index in [1.165, 1.54) is 14.0 Å². The highest BCUT2D eigenvalue weighted by atomic mass is 19.4. The van der Waals surface area contributed by atoms with Crippen LogP contribution in [0.2, 0.25) is 0 Å². The Labute approximate surface area is 113 Å². The van der Waals surface area contributed by atoms with Crippen LogP contribution >= 0.6 is 0 Å². The molecule has 1 heterocycles. The van der Waals surface area contributed by atoms with E-state index in [0.29, 0.717) is 0 Å². The Morgan fingerprint density at radius 1 is 1.40 bits per heavy atom. The van der Waals surface area contributed by atoms with Crippen LogP contribution < -0.4 is 9.47 Å². The minimum Gasteiger partial charge on any atom is -0.495 e. The van der Waals surface area contributed by atoms with Crippen molar-refractivity contribution in [1.29, 1.82) is 0 Å². The molecule has 0 bridgehead atoms. The molecule has 1 aromatic rings. The number of carbonyl (C=O) groups is 1. The molecular weight excluding hydrogens is 279 g/mol. The number of hydrogen-bond donors (Lipinski definition) is 0. The number of rotatable bonds is 5. The Hall–Kier alpha value is -1.99. The van der Waals surface area contributed by atoms with Crippen molar-refractivity contribution >= 4 is 5.97 Å². The average molecular weight is 293 g/mol. The average Bonchev–Trinajstić information content (AvgIpc) is 2.26. The molecule has 112 valence electrons. The molecule has 0 N–H and O–H groups in total. The summed E-state index contributed by atoms with van der Waals surface area (Å²) in [5, 5.41) is 0. The van der Waals surface area contributed by atoms with E-state index in [9.17, 15) is 18.0 Å². The molecular formula is C12H14F3NO4. The minimum atomic E-state index is -4.85. The fraction of sp³-hybridized carbons (Fsp3) is 0.500. The molecule has 0 unspecified atom stereocenters. The lowest BCUT2D eigenvalue weighted by atomic mass is 10.1. The van der Waals surface area contributed by atoms with Crippen LogP contribution in [-0.4, -0.2) is 31.0 Å². The van der Waals surface area contributed by atoms with Crippen molar-refractivity contribution < 1.29 is 32.2 Å². The van der Waals surface area contributed by atoms with Gasteiger partial charge in [0, 0.05) is 11.6 Å². The van der Waals surface area contributed by atoms with Gasteiger partial charge in [0.15, 0.2) is 0 Å². The summed E-state index contributed by atoms with van der Waals surface area (Å²) in [5.74, 6) is -0.989. The van der Waals surface area contributed by atoms with Crippen LogP contribution in [0.4, 0.5) is 13.2 Å². The molecule has 0 aliphatic rings. The van der Waals surface area contributed by atoms with Crippen molar-refractivity contribution in [1.82, 2.24) is 4.98 Å². The van der Waals surface area contributed by atoms with Crippen molar-refractivity contribution in [3.63, 3.8) is 0 Å². The molecule has 0 spiro atoms. The fourth-order valence-electron chi connectivity index (χ4n) is 1.64. The molecule has 20 heavy (non-hydrogen) atoms. The lowest BCUT2D eigenvalue weighted by Gasteiger charge is -2.14. The van der Waals surface area contributed by atoms with E-state index in [1.54, 1.807) is 6.92 Å². The number of esters is 1. The smallest absolute Gasteiger partial charge is 0.495 e. The van der Waals surface area contributed by atoms with E-state index in [1.807, 2.05) is 0 Å². The summed E-state index contributed by atoms with van der Waals surface area (Å²) >= 11 is 0. The molecule has 0 radical (unpaired) electrons. The zero-order valence-corrected chi connectivity index (χ0v) is 11.2. The third-order valence-corrected chi connectivity index (χ3v) is 2.26. The largest absolute Gasteiger partial charge is 0.574 e. The number of carbonyl (C=O) groups excluding carboxylic acids is 1. The summed E-state index contributed by atoms with van der Waals surface area (Å²) in [7, 11) is 1.34. The third-order valence-electron chi connectivity index (χ3n) is 2.26. The number of pyridine rings is 1. The fourth-order valence-corrected chi connectivity index (χ4v) is 1.64. The summed E-state index contributed by atoms with van der Waals surface area (Å²) in [6.07, 6.45) is -5.08. The van der Waals surface area contributed by atoms with Gasteiger partial charge in [0.2, 0.25) is 5.88 Å². The van der Waals surface area contributed by atoms with Crippen LogP contribution in [-0.2, 0) is 16.0 Å². The highest BCUT2D eigenvalue weighted by Crippen LogP contribution is 2.29. The van der Waals surface area contributed by atoms with Gasteiger partial charge in [-0.25, -0.2) is 4.98 Å². The van der Waals surface area contributed by atoms with E-state index in [2.05, 4.69) is 9.72 Å². The molecule has 0 aliphatic carbocycles. The van der Waals surface area contributed by atoms with Crippen molar-refractivity contribution in [3.05, 3.63) is 17.3 Å². The summed E-state index contributed by atoms with van der Waals surface area (Å²) in [5.41, 5.74) is 0.409. The molecule has 0 fully saturated rings. The van der Waals surface area contributed by atoms with Gasteiger partial charge in [0.1, 0.15) is 5.75 Å². The number of methoxy groups -OCH3 is 1. The van der Waals surface area contributed by atoms with Crippen molar-refractivity contribution in [3.8, 4) is 11.6 Å². The van der Waals surface area contributed by atoms with Gasteiger partial charge in [-0.1, -0.05) is 0 Å². The number of nitrogens with zero attached hydrogens (tertiary/aromatic N) is 1.